The number of benzene rings is 1. The van der Waals surface area contributed by atoms with Crippen molar-refractivity contribution in [3.63, 3.8) is 0 Å². The Labute approximate surface area is 135 Å². The number of methoxy groups -OCH3 is 1. The lowest BCUT2D eigenvalue weighted by Crippen LogP contribution is -2.49. The number of hydrogen-bond acceptors (Lipinski definition) is 4. The number of aromatic nitrogens is 1. The Morgan fingerprint density at radius 2 is 1.96 bits per heavy atom. The molecule has 5 heteroatoms. The molecule has 1 aromatic carbocycles. The van der Waals surface area contributed by atoms with Gasteiger partial charge >= 0.3 is 0 Å². The van der Waals surface area contributed by atoms with Crippen LogP contribution in [-0.2, 0) is 10.3 Å². The van der Waals surface area contributed by atoms with Gasteiger partial charge in [0.1, 0.15) is 0 Å². The monoisotopic (exact) mass is 312 g/mol. The first kappa shape index (κ1) is 15.5. The second-order valence-corrected chi connectivity index (χ2v) is 5.60. The Hall–Kier alpha value is -2.40. The van der Waals surface area contributed by atoms with E-state index in [1.165, 1.54) is 7.11 Å². The number of nitrogens with zero attached hydrogens (tertiary/aromatic N) is 1. The molecule has 1 aromatic heterocycles. The van der Waals surface area contributed by atoms with Crippen LogP contribution in [0.2, 0.25) is 0 Å². The second-order valence-electron chi connectivity index (χ2n) is 5.60. The molecule has 1 N–H and O–H groups in total. The van der Waals surface area contributed by atoms with Gasteiger partial charge in [-0.15, -0.1) is 0 Å². The van der Waals surface area contributed by atoms with Crippen molar-refractivity contribution >= 4 is 5.91 Å². The summed E-state index contributed by atoms with van der Waals surface area (Å²) in [6, 6.07) is 13.4. The minimum atomic E-state index is -0.396. The van der Waals surface area contributed by atoms with Crippen LogP contribution in [0.1, 0.15) is 28.8 Å². The van der Waals surface area contributed by atoms with E-state index in [1.54, 1.807) is 18.3 Å². The summed E-state index contributed by atoms with van der Waals surface area (Å²) >= 11 is 0. The molecule has 120 valence electrons. The van der Waals surface area contributed by atoms with Crippen LogP contribution in [0.15, 0.2) is 48.7 Å². The summed E-state index contributed by atoms with van der Waals surface area (Å²) in [6.45, 7) is 1.27. The van der Waals surface area contributed by atoms with E-state index in [0.717, 1.165) is 18.4 Å². The number of carbonyl (C=O) groups excluding carboxylic acids is 1. The minimum absolute atomic E-state index is 0.128. The van der Waals surface area contributed by atoms with Gasteiger partial charge in [0.25, 0.3) is 5.91 Å². The highest BCUT2D eigenvalue weighted by atomic mass is 16.5. The number of hydrogen-bond donors (Lipinski definition) is 1. The van der Waals surface area contributed by atoms with Crippen LogP contribution in [0.25, 0.3) is 0 Å². The van der Waals surface area contributed by atoms with E-state index in [-0.39, 0.29) is 5.91 Å². The lowest BCUT2D eigenvalue weighted by molar-refractivity contribution is 0.0345. The molecule has 1 saturated heterocycles. The molecule has 0 unspecified atom stereocenters. The third kappa shape index (κ3) is 3.35. The highest BCUT2D eigenvalue weighted by Gasteiger charge is 2.36. The van der Waals surface area contributed by atoms with Gasteiger partial charge in [0.15, 0.2) is 0 Å². The van der Waals surface area contributed by atoms with Crippen molar-refractivity contribution < 1.29 is 14.3 Å². The summed E-state index contributed by atoms with van der Waals surface area (Å²) < 4.78 is 10.6. The van der Waals surface area contributed by atoms with E-state index >= 15 is 0 Å². The SMILES string of the molecule is COc1cc(C(=O)NC2(c3ccccc3)CCOCC2)ccn1. The van der Waals surface area contributed by atoms with Crippen LogP contribution in [-0.4, -0.2) is 31.2 Å². The molecule has 2 aromatic rings. The largest absolute Gasteiger partial charge is 0.481 e. The third-order valence-electron chi connectivity index (χ3n) is 4.23. The smallest absolute Gasteiger partial charge is 0.252 e. The normalized spacial score (nSPS) is 16.6. The molecule has 1 amide bonds. The van der Waals surface area contributed by atoms with Crippen molar-refractivity contribution in [2.24, 2.45) is 0 Å². The van der Waals surface area contributed by atoms with E-state index in [0.29, 0.717) is 24.7 Å². The van der Waals surface area contributed by atoms with E-state index in [2.05, 4.69) is 22.4 Å². The number of amides is 1. The van der Waals surface area contributed by atoms with Crippen LogP contribution >= 0.6 is 0 Å². The molecule has 23 heavy (non-hydrogen) atoms. The maximum absolute atomic E-state index is 12.7. The summed E-state index contributed by atoms with van der Waals surface area (Å²) in [5.41, 5.74) is 1.25. The molecule has 1 aliphatic heterocycles. The molecule has 0 radical (unpaired) electrons. The average Bonchev–Trinajstić information content (AvgIpc) is 2.63. The fourth-order valence-corrected chi connectivity index (χ4v) is 2.91. The molecule has 0 spiro atoms. The highest BCUT2D eigenvalue weighted by molar-refractivity contribution is 5.95. The van der Waals surface area contributed by atoms with Crippen molar-refractivity contribution in [3.8, 4) is 5.88 Å². The third-order valence-corrected chi connectivity index (χ3v) is 4.23. The quantitative estimate of drug-likeness (QED) is 0.942. The van der Waals surface area contributed by atoms with Crippen molar-refractivity contribution in [2.75, 3.05) is 20.3 Å². The Bertz CT molecular complexity index is 667. The maximum Gasteiger partial charge on any atom is 0.252 e. The number of carbonyl (C=O) groups is 1. The van der Waals surface area contributed by atoms with Gasteiger partial charge < -0.3 is 14.8 Å². The lowest BCUT2D eigenvalue weighted by atomic mass is 9.82. The summed E-state index contributed by atoms with van der Waals surface area (Å²) in [6.07, 6.45) is 3.09. The predicted octanol–water partition coefficient (Wildman–Crippen LogP) is 2.53. The molecule has 5 nitrogen and oxygen atoms in total. The zero-order valence-electron chi connectivity index (χ0n) is 13.1. The molecule has 0 saturated carbocycles. The van der Waals surface area contributed by atoms with E-state index in [4.69, 9.17) is 9.47 Å². The summed E-state index contributed by atoms with van der Waals surface area (Å²) in [5, 5.41) is 3.21. The highest BCUT2D eigenvalue weighted by Crippen LogP contribution is 2.32. The Balaban J connectivity index is 1.88. The van der Waals surface area contributed by atoms with Gasteiger partial charge in [0.2, 0.25) is 5.88 Å². The topological polar surface area (TPSA) is 60.5 Å². The fourth-order valence-electron chi connectivity index (χ4n) is 2.91. The molecule has 0 aliphatic carbocycles. The van der Waals surface area contributed by atoms with Crippen LogP contribution < -0.4 is 10.1 Å². The molecule has 0 atom stereocenters. The van der Waals surface area contributed by atoms with Gasteiger partial charge in [-0.2, -0.15) is 0 Å². The second kappa shape index (κ2) is 6.79. The Morgan fingerprint density at radius 3 is 2.65 bits per heavy atom. The van der Waals surface area contributed by atoms with Crippen LogP contribution in [0.4, 0.5) is 0 Å². The molecular weight excluding hydrogens is 292 g/mol. The van der Waals surface area contributed by atoms with Crippen molar-refractivity contribution in [2.45, 2.75) is 18.4 Å². The molecule has 0 bridgehead atoms. The van der Waals surface area contributed by atoms with E-state index < -0.39 is 5.54 Å². The zero-order valence-corrected chi connectivity index (χ0v) is 13.1. The van der Waals surface area contributed by atoms with E-state index in [9.17, 15) is 4.79 Å². The van der Waals surface area contributed by atoms with Crippen LogP contribution in [0.5, 0.6) is 5.88 Å². The first-order valence-electron chi connectivity index (χ1n) is 7.69. The van der Waals surface area contributed by atoms with Crippen molar-refractivity contribution in [3.05, 3.63) is 59.8 Å². The Kier molecular flexibility index (Phi) is 4.57. The first-order valence-corrected chi connectivity index (χ1v) is 7.69. The predicted molar refractivity (Wildman–Crippen MR) is 86.4 cm³/mol. The Morgan fingerprint density at radius 1 is 1.22 bits per heavy atom. The van der Waals surface area contributed by atoms with Crippen molar-refractivity contribution in [1.82, 2.24) is 10.3 Å². The summed E-state index contributed by atoms with van der Waals surface area (Å²) in [5.74, 6) is 0.301. The standard InChI is InChI=1S/C18H20N2O3/c1-22-16-13-14(7-10-19-16)17(21)20-18(8-11-23-12-9-18)15-5-3-2-4-6-15/h2-7,10,13H,8-9,11-12H2,1H3,(H,20,21). The molecular formula is C18H20N2O3. The number of nitrogens with one attached hydrogen (secondary N) is 1. The molecule has 3 rings (SSSR count). The first-order chi connectivity index (χ1) is 11.2. The van der Waals surface area contributed by atoms with Gasteiger partial charge in [-0.05, 0) is 24.5 Å². The minimum Gasteiger partial charge on any atom is -0.481 e. The average molecular weight is 312 g/mol. The van der Waals surface area contributed by atoms with Crippen LogP contribution in [0, 0.1) is 0 Å². The van der Waals surface area contributed by atoms with Gasteiger partial charge in [0.05, 0.1) is 12.6 Å². The van der Waals surface area contributed by atoms with Gasteiger partial charge in [-0.3, -0.25) is 4.79 Å². The molecule has 2 heterocycles. The molecule has 1 fully saturated rings. The zero-order chi connectivity index (χ0) is 16.1. The molecule has 1 aliphatic rings. The number of ether oxygens (including phenoxy) is 2. The summed E-state index contributed by atoms with van der Waals surface area (Å²) in [7, 11) is 1.54. The van der Waals surface area contributed by atoms with Gasteiger partial charge in [-0.1, -0.05) is 30.3 Å². The number of rotatable bonds is 4. The number of pyridine rings is 1. The van der Waals surface area contributed by atoms with Gasteiger partial charge in [-0.25, -0.2) is 4.98 Å². The maximum atomic E-state index is 12.7. The van der Waals surface area contributed by atoms with E-state index in [1.807, 2.05) is 18.2 Å². The lowest BCUT2D eigenvalue weighted by Gasteiger charge is -2.38. The van der Waals surface area contributed by atoms with Gasteiger partial charge in [0, 0.05) is 31.0 Å². The fraction of sp³-hybridized carbons (Fsp3) is 0.333. The van der Waals surface area contributed by atoms with Crippen molar-refractivity contribution in [1.29, 1.82) is 0 Å². The van der Waals surface area contributed by atoms with Crippen LogP contribution in [0.3, 0.4) is 0 Å². The summed E-state index contributed by atoms with van der Waals surface area (Å²) in [4.78, 5) is 16.8.